The van der Waals surface area contributed by atoms with Crippen LogP contribution in [0.1, 0.15) is 60.8 Å². The van der Waals surface area contributed by atoms with Crippen molar-refractivity contribution in [2.45, 2.75) is 70.6 Å². The maximum atomic E-state index is 13.9. The molecule has 1 fully saturated rings. The molecule has 1 atom stereocenters. The molecule has 1 aliphatic carbocycles. The van der Waals surface area contributed by atoms with Crippen LogP contribution in [0.3, 0.4) is 0 Å². The fourth-order valence-electron chi connectivity index (χ4n) is 5.11. The molecule has 2 aromatic heterocycles. The SMILES string of the molecule is Cc1cc2c(cc3n2C[C@@](C)(C(=O)NC2CCCCC2)N(Cc2cccc(F)c2)C3=O)o1. The van der Waals surface area contributed by atoms with Crippen LogP contribution in [0.5, 0.6) is 0 Å². The van der Waals surface area contributed by atoms with Crippen molar-refractivity contribution in [2.24, 2.45) is 0 Å². The molecule has 1 saturated carbocycles. The van der Waals surface area contributed by atoms with E-state index in [4.69, 9.17) is 4.42 Å². The summed E-state index contributed by atoms with van der Waals surface area (Å²) in [6.45, 7) is 4.13. The second kappa shape index (κ2) is 7.80. The summed E-state index contributed by atoms with van der Waals surface area (Å²) in [5.74, 6) is -0.0299. The zero-order valence-corrected chi connectivity index (χ0v) is 18.5. The number of aryl methyl sites for hydroxylation is 1. The Labute approximate surface area is 186 Å². The fourth-order valence-corrected chi connectivity index (χ4v) is 5.11. The lowest BCUT2D eigenvalue weighted by Crippen LogP contribution is -2.64. The number of nitrogens with zero attached hydrogens (tertiary/aromatic N) is 2. The van der Waals surface area contributed by atoms with Gasteiger partial charge in [-0.1, -0.05) is 31.4 Å². The molecule has 0 saturated heterocycles. The predicted octanol–water partition coefficient (Wildman–Crippen LogP) is 4.55. The van der Waals surface area contributed by atoms with Gasteiger partial charge in [-0.25, -0.2) is 4.39 Å². The number of amides is 2. The van der Waals surface area contributed by atoms with Gasteiger partial charge in [0.05, 0.1) is 12.1 Å². The Hall–Kier alpha value is -3.09. The number of hydrogen-bond donors (Lipinski definition) is 1. The molecule has 3 aromatic rings. The molecule has 2 amide bonds. The van der Waals surface area contributed by atoms with Crippen molar-refractivity contribution in [2.75, 3.05) is 0 Å². The summed E-state index contributed by atoms with van der Waals surface area (Å²) in [7, 11) is 0. The van der Waals surface area contributed by atoms with E-state index in [2.05, 4.69) is 5.32 Å². The van der Waals surface area contributed by atoms with Crippen LogP contribution in [-0.2, 0) is 17.9 Å². The highest BCUT2D eigenvalue weighted by Gasteiger charge is 2.48. The van der Waals surface area contributed by atoms with Crippen LogP contribution in [0.15, 0.2) is 40.8 Å². The molecular weight excluding hydrogens is 409 g/mol. The van der Waals surface area contributed by atoms with Crippen molar-refractivity contribution in [1.82, 2.24) is 14.8 Å². The Morgan fingerprint density at radius 3 is 2.75 bits per heavy atom. The van der Waals surface area contributed by atoms with Gasteiger partial charge < -0.3 is 19.2 Å². The van der Waals surface area contributed by atoms with E-state index in [1.165, 1.54) is 18.6 Å². The minimum absolute atomic E-state index is 0.126. The minimum atomic E-state index is -1.12. The molecule has 0 radical (unpaired) electrons. The van der Waals surface area contributed by atoms with Gasteiger partial charge in [-0.2, -0.15) is 0 Å². The number of nitrogens with one attached hydrogen (secondary N) is 1. The van der Waals surface area contributed by atoms with Gasteiger partial charge in [-0.05, 0) is 44.4 Å². The first kappa shape index (κ1) is 20.8. The van der Waals surface area contributed by atoms with E-state index >= 15 is 0 Å². The summed E-state index contributed by atoms with van der Waals surface area (Å²) in [4.78, 5) is 28.9. The van der Waals surface area contributed by atoms with Gasteiger partial charge in [0.15, 0.2) is 5.58 Å². The third-order valence-electron chi connectivity index (χ3n) is 6.90. The van der Waals surface area contributed by atoms with E-state index < -0.39 is 5.54 Å². The van der Waals surface area contributed by atoms with Crippen LogP contribution in [0, 0.1) is 12.7 Å². The molecule has 0 bridgehead atoms. The number of carbonyl (C=O) groups excluding carboxylic acids is 2. The first-order chi connectivity index (χ1) is 15.3. The molecule has 6 nitrogen and oxygen atoms in total. The van der Waals surface area contributed by atoms with Crippen molar-refractivity contribution in [1.29, 1.82) is 0 Å². The molecule has 5 rings (SSSR count). The van der Waals surface area contributed by atoms with Gasteiger partial charge in [0, 0.05) is 24.7 Å². The summed E-state index contributed by atoms with van der Waals surface area (Å²) >= 11 is 0. The van der Waals surface area contributed by atoms with Crippen LogP contribution in [0.4, 0.5) is 4.39 Å². The van der Waals surface area contributed by atoms with Gasteiger partial charge in [-0.15, -0.1) is 0 Å². The smallest absolute Gasteiger partial charge is 0.271 e. The largest absolute Gasteiger partial charge is 0.460 e. The maximum Gasteiger partial charge on any atom is 0.271 e. The summed E-state index contributed by atoms with van der Waals surface area (Å²) in [6.07, 6.45) is 5.31. The van der Waals surface area contributed by atoms with Gasteiger partial charge in [0.25, 0.3) is 5.91 Å². The van der Waals surface area contributed by atoms with Gasteiger partial charge in [0.1, 0.15) is 22.8 Å². The number of fused-ring (bicyclic) bond motifs is 3. The molecule has 2 aliphatic rings. The lowest BCUT2D eigenvalue weighted by molar-refractivity contribution is -0.134. The molecule has 7 heteroatoms. The van der Waals surface area contributed by atoms with E-state index in [9.17, 15) is 14.0 Å². The van der Waals surface area contributed by atoms with Gasteiger partial charge in [0.2, 0.25) is 5.91 Å². The fraction of sp³-hybridized carbons (Fsp3) is 0.440. The van der Waals surface area contributed by atoms with Crippen LogP contribution in [0.25, 0.3) is 11.1 Å². The zero-order chi connectivity index (χ0) is 22.5. The monoisotopic (exact) mass is 437 g/mol. The third-order valence-corrected chi connectivity index (χ3v) is 6.90. The second-order valence-corrected chi connectivity index (χ2v) is 9.33. The number of aromatic nitrogens is 1. The van der Waals surface area contributed by atoms with E-state index in [0.717, 1.165) is 37.0 Å². The summed E-state index contributed by atoms with van der Waals surface area (Å²) in [5, 5.41) is 3.21. The summed E-state index contributed by atoms with van der Waals surface area (Å²) < 4.78 is 21.5. The van der Waals surface area contributed by atoms with Gasteiger partial charge in [-0.3, -0.25) is 9.59 Å². The van der Waals surface area contributed by atoms with Crippen molar-refractivity contribution >= 4 is 22.9 Å². The van der Waals surface area contributed by atoms with Crippen molar-refractivity contribution in [3.63, 3.8) is 0 Å². The van der Waals surface area contributed by atoms with E-state index in [1.54, 1.807) is 23.1 Å². The zero-order valence-electron chi connectivity index (χ0n) is 18.5. The second-order valence-electron chi connectivity index (χ2n) is 9.33. The number of hydrogen-bond acceptors (Lipinski definition) is 3. The third kappa shape index (κ3) is 3.49. The van der Waals surface area contributed by atoms with E-state index in [0.29, 0.717) is 23.4 Å². The average Bonchev–Trinajstić information content (AvgIpc) is 3.28. The maximum absolute atomic E-state index is 13.9. The lowest BCUT2D eigenvalue weighted by atomic mass is 9.91. The molecule has 168 valence electrons. The highest BCUT2D eigenvalue weighted by atomic mass is 19.1. The number of furan rings is 1. The topological polar surface area (TPSA) is 67.5 Å². The quantitative estimate of drug-likeness (QED) is 0.651. The number of benzene rings is 1. The standard InChI is InChI=1S/C25H28FN3O3/c1-16-11-20-22(32-16)13-21-23(30)29(14-17-7-6-8-18(26)12-17)25(2,15-28(20)21)24(31)27-19-9-4-3-5-10-19/h6-8,11-13,19H,3-5,9-10,14-15H2,1-2H3,(H,27,31)/t25-/m0/s1. The van der Waals surface area contributed by atoms with Crippen LogP contribution in [-0.4, -0.2) is 32.9 Å². The molecular formula is C25H28FN3O3. The minimum Gasteiger partial charge on any atom is -0.460 e. The number of halogens is 1. The van der Waals surface area contributed by atoms with E-state index in [-0.39, 0.29) is 30.2 Å². The highest BCUT2D eigenvalue weighted by molar-refractivity contribution is 6.03. The van der Waals surface area contributed by atoms with Crippen molar-refractivity contribution in [3.05, 3.63) is 59.2 Å². The average molecular weight is 438 g/mol. The van der Waals surface area contributed by atoms with Crippen molar-refractivity contribution in [3.8, 4) is 0 Å². The van der Waals surface area contributed by atoms with Crippen molar-refractivity contribution < 1.29 is 18.4 Å². The van der Waals surface area contributed by atoms with Crippen LogP contribution >= 0.6 is 0 Å². The normalized spacial score (nSPS) is 21.7. The predicted molar refractivity (Wildman–Crippen MR) is 119 cm³/mol. The Balaban J connectivity index is 1.54. The molecule has 1 aromatic carbocycles. The number of rotatable bonds is 4. The summed E-state index contributed by atoms with van der Waals surface area (Å²) in [5.41, 5.74) is 1.46. The molecule has 1 N–H and O–H groups in total. The molecule has 0 spiro atoms. The van der Waals surface area contributed by atoms with Crippen LogP contribution < -0.4 is 5.32 Å². The summed E-state index contributed by atoms with van der Waals surface area (Å²) in [6, 6.07) is 9.95. The lowest BCUT2D eigenvalue weighted by Gasteiger charge is -2.44. The number of carbonyl (C=O) groups is 2. The Morgan fingerprint density at radius 1 is 1.22 bits per heavy atom. The first-order valence-corrected chi connectivity index (χ1v) is 11.3. The van der Waals surface area contributed by atoms with E-state index in [1.807, 2.05) is 24.5 Å². The Morgan fingerprint density at radius 2 is 2.00 bits per heavy atom. The van der Waals surface area contributed by atoms with Crippen LogP contribution in [0.2, 0.25) is 0 Å². The Kier molecular flexibility index (Phi) is 5.07. The first-order valence-electron chi connectivity index (χ1n) is 11.3. The molecule has 1 aliphatic heterocycles. The Bertz CT molecular complexity index is 1190. The molecule has 0 unspecified atom stereocenters. The highest BCUT2D eigenvalue weighted by Crippen LogP contribution is 2.35. The molecule has 3 heterocycles. The molecule has 32 heavy (non-hydrogen) atoms. The van der Waals surface area contributed by atoms with Gasteiger partial charge >= 0.3 is 0 Å².